The zero-order valence-corrected chi connectivity index (χ0v) is 20.2. The number of alkyl carbamates (subject to hydrolysis) is 1. The molecule has 1 saturated heterocycles. The Morgan fingerprint density at radius 2 is 2.00 bits per heavy atom. The van der Waals surface area contributed by atoms with Crippen LogP contribution in [0.25, 0.3) is 0 Å². The van der Waals surface area contributed by atoms with Gasteiger partial charge in [0.15, 0.2) is 0 Å². The number of piperidine rings is 1. The maximum absolute atomic E-state index is 15.3. The first-order valence-electron chi connectivity index (χ1n) is 11.6. The van der Waals surface area contributed by atoms with Gasteiger partial charge in [-0.25, -0.2) is 9.18 Å². The molecule has 2 aromatic rings. The van der Waals surface area contributed by atoms with Crippen LogP contribution in [-0.2, 0) is 33.7 Å². The summed E-state index contributed by atoms with van der Waals surface area (Å²) in [7, 11) is 0. The second-order valence-electron chi connectivity index (χ2n) is 9.29. The Labute approximate surface area is 217 Å². The van der Waals surface area contributed by atoms with Crippen LogP contribution in [0.1, 0.15) is 58.9 Å². The number of hydrogen-bond acceptors (Lipinski definition) is 6. The van der Waals surface area contributed by atoms with Crippen molar-refractivity contribution in [3.05, 3.63) is 51.6 Å². The fourth-order valence-corrected chi connectivity index (χ4v) is 5.19. The highest BCUT2D eigenvalue weighted by molar-refractivity contribution is 6.32. The van der Waals surface area contributed by atoms with E-state index in [2.05, 4.69) is 15.7 Å². The number of nitrogens with zero attached hydrogens (tertiary/aromatic N) is 3. The number of benzene rings is 1. The second-order valence-corrected chi connectivity index (χ2v) is 9.69. The number of aromatic nitrogens is 2. The van der Waals surface area contributed by atoms with E-state index >= 15 is 4.39 Å². The fraction of sp³-hybridized carbons (Fsp3) is 0.435. The third-order valence-electron chi connectivity index (χ3n) is 6.88. The third-order valence-corrected chi connectivity index (χ3v) is 7.22. The molecule has 4 amide bonds. The highest BCUT2D eigenvalue weighted by Crippen LogP contribution is 2.38. The van der Waals surface area contributed by atoms with Crippen molar-refractivity contribution in [3.8, 4) is 0 Å². The molecule has 2 N–H and O–H groups in total. The van der Waals surface area contributed by atoms with Crippen molar-refractivity contribution in [2.75, 3.05) is 0 Å². The van der Waals surface area contributed by atoms with E-state index in [0.717, 1.165) is 21.8 Å². The zero-order valence-electron chi connectivity index (χ0n) is 19.5. The molecular weight excluding hydrogens is 538 g/mol. The fourth-order valence-electron chi connectivity index (χ4n) is 4.90. The summed E-state index contributed by atoms with van der Waals surface area (Å²) in [5.74, 6) is -2.82. The lowest BCUT2D eigenvalue weighted by atomic mass is 9.87. The van der Waals surface area contributed by atoms with Crippen LogP contribution in [0.5, 0.6) is 0 Å². The minimum absolute atomic E-state index is 0.0358. The van der Waals surface area contributed by atoms with E-state index in [4.69, 9.17) is 16.3 Å². The molecule has 1 aromatic heterocycles. The van der Waals surface area contributed by atoms with Crippen LogP contribution in [0.4, 0.5) is 22.4 Å². The summed E-state index contributed by atoms with van der Waals surface area (Å²) in [5.41, 5.74) is -1.19. The predicted octanol–water partition coefficient (Wildman–Crippen LogP) is 3.09. The first-order chi connectivity index (χ1) is 17.9. The smallest absolute Gasteiger partial charge is 0.433 e. The molecule has 3 aliphatic rings. The van der Waals surface area contributed by atoms with E-state index in [1.807, 2.05) is 0 Å². The molecule has 0 spiro atoms. The lowest BCUT2D eigenvalue weighted by molar-refractivity contribution is -0.146. The topological polar surface area (TPSA) is 123 Å². The van der Waals surface area contributed by atoms with Gasteiger partial charge in [0.2, 0.25) is 11.8 Å². The molecule has 1 saturated carbocycles. The van der Waals surface area contributed by atoms with E-state index in [1.165, 1.54) is 6.07 Å². The average Bonchev–Trinajstić information content (AvgIpc) is 3.43. The number of rotatable bonds is 5. The predicted molar refractivity (Wildman–Crippen MR) is 120 cm³/mol. The van der Waals surface area contributed by atoms with E-state index < -0.39 is 66.2 Å². The number of nitrogens with one attached hydrogen (secondary N) is 2. The third kappa shape index (κ3) is 4.68. The van der Waals surface area contributed by atoms with Gasteiger partial charge in [-0.15, -0.1) is 0 Å². The van der Waals surface area contributed by atoms with Crippen molar-refractivity contribution in [1.82, 2.24) is 25.3 Å². The minimum atomic E-state index is -4.55. The first-order valence-corrected chi connectivity index (χ1v) is 12.0. The molecule has 3 heterocycles. The Morgan fingerprint density at radius 3 is 2.68 bits per heavy atom. The number of fused-ring (bicyclic) bond motifs is 1. The van der Waals surface area contributed by atoms with Gasteiger partial charge in [0.1, 0.15) is 24.2 Å². The number of hydrogen-bond donors (Lipinski definition) is 2. The van der Waals surface area contributed by atoms with Crippen molar-refractivity contribution >= 4 is 35.4 Å². The maximum Gasteiger partial charge on any atom is 0.433 e. The number of imide groups is 1. The zero-order chi connectivity index (χ0) is 27.4. The molecule has 1 aromatic carbocycles. The SMILES string of the molecule is O=C1CC[C@@H](N2Cc3c(Cl)cc(COC(=O)NC4CC(n5nccc5C(F)(F)F)C4)c(F)c3C2=O)C(=O)N1. The van der Waals surface area contributed by atoms with Crippen LogP contribution in [0.3, 0.4) is 0 Å². The Bertz CT molecular complexity index is 1340. The van der Waals surface area contributed by atoms with E-state index in [0.29, 0.717) is 0 Å². The molecule has 10 nitrogen and oxygen atoms in total. The van der Waals surface area contributed by atoms with Gasteiger partial charge >= 0.3 is 12.3 Å². The number of ether oxygens (including phenoxy) is 1. The van der Waals surface area contributed by atoms with Crippen LogP contribution < -0.4 is 10.6 Å². The van der Waals surface area contributed by atoms with Crippen molar-refractivity contribution < 1.29 is 41.5 Å². The minimum Gasteiger partial charge on any atom is -0.445 e. The molecule has 1 atom stereocenters. The van der Waals surface area contributed by atoms with Gasteiger partial charge < -0.3 is 15.0 Å². The van der Waals surface area contributed by atoms with E-state index in [-0.39, 0.29) is 53.9 Å². The van der Waals surface area contributed by atoms with Crippen molar-refractivity contribution in [3.63, 3.8) is 0 Å². The van der Waals surface area contributed by atoms with Gasteiger partial charge in [-0.2, -0.15) is 18.3 Å². The molecule has 2 aliphatic heterocycles. The summed E-state index contributed by atoms with van der Waals surface area (Å²) in [5, 5.41) is 8.42. The average molecular weight is 558 g/mol. The Balaban J connectivity index is 1.19. The Hall–Kier alpha value is -3.68. The monoisotopic (exact) mass is 557 g/mol. The van der Waals surface area contributed by atoms with Crippen LogP contribution in [0.15, 0.2) is 18.3 Å². The van der Waals surface area contributed by atoms with Gasteiger partial charge in [-0.3, -0.25) is 24.4 Å². The highest BCUT2D eigenvalue weighted by atomic mass is 35.5. The molecule has 0 bridgehead atoms. The second kappa shape index (κ2) is 9.57. The Kier molecular flexibility index (Phi) is 6.53. The number of amides is 4. The molecule has 0 radical (unpaired) electrons. The quantitative estimate of drug-likeness (QED) is 0.430. The molecule has 38 heavy (non-hydrogen) atoms. The number of carbonyl (C=O) groups excluding carboxylic acids is 4. The molecule has 1 aliphatic carbocycles. The number of carbonyl (C=O) groups is 4. The molecule has 2 fully saturated rings. The highest BCUT2D eigenvalue weighted by Gasteiger charge is 2.43. The maximum atomic E-state index is 15.3. The van der Waals surface area contributed by atoms with Crippen LogP contribution >= 0.6 is 11.6 Å². The summed E-state index contributed by atoms with van der Waals surface area (Å²) in [4.78, 5) is 49.9. The molecule has 5 rings (SSSR count). The van der Waals surface area contributed by atoms with Crippen molar-refractivity contribution in [2.45, 2.75) is 63.1 Å². The molecule has 202 valence electrons. The van der Waals surface area contributed by atoms with Crippen molar-refractivity contribution in [1.29, 1.82) is 0 Å². The summed E-state index contributed by atoms with van der Waals surface area (Å²) < 4.78 is 60.3. The first kappa shape index (κ1) is 25.9. The number of alkyl halides is 3. The summed E-state index contributed by atoms with van der Waals surface area (Å²) in [6.07, 6.45) is -3.88. The standard InChI is InChI=1S/C23H20ClF4N5O5/c24-14-5-10(19(25)18-13(14)8-32(21(18)36)15-1-2-17(34)31-20(15)35)9-38-22(37)30-11-6-12(7-11)33-16(3-4-29-33)23(26,27)28/h3-5,11-12,15H,1-2,6-9H2,(H,30,37)(H,31,34,35)/t11?,12?,15-/m1/s1. The molecular formula is C23H20ClF4N5O5. The lowest BCUT2D eigenvalue weighted by Crippen LogP contribution is -2.52. The van der Waals surface area contributed by atoms with Gasteiger partial charge in [0.05, 0.1) is 11.6 Å². The van der Waals surface area contributed by atoms with E-state index in [9.17, 15) is 32.3 Å². The van der Waals surface area contributed by atoms with Crippen LogP contribution in [0, 0.1) is 5.82 Å². The van der Waals surface area contributed by atoms with Crippen molar-refractivity contribution in [2.24, 2.45) is 0 Å². The number of halogens is 5. The van der Waals surface area contributed by atoms with Crippen LogP contribution in [-0.4, -0.2) is 50.6 Å². The lowest BCUT2D eigenvalue weighted by Gasteiger charge is -2.36. The summed E-state index contributed by atoms with van der Waals surface area (Å²) in [6.45, 7) is -0.684. The largest absolute Gasteiger partial charge is 0.445 e. The van der Waals surface area contributed by atoms with Gasteiger partial charge in [0.25, 0.3) is 5.91 Å². The normalized spacial score (nSPS) is 23.1. The molecule has 0 unspecified atom stereocenters. The van der Waals surface area contributed by atoms with Gasteiger partial charge in [-0.05, 0) is 31.4 Å². The van der Waals surface area contributed by atoms with E-state index in [1.54, 1.807) is 0 Å². The summed E-state index contributed by atoms with van der Waals surface area (Å²) in [6, 6.07) is 0.141. The van der Waals surface area contributed by atoms with Gasteiger partial charge in [-0.1, -0.05) is 11.6 Å². The van der Waals surface area contributed by atoms with Crippen LogP contribution in [0.2, 0.25) is 5.02 Å². The summed E-state index contributed by atoms with van der Waals surface area (Å²) >= 11 is 6.27. The van der Waals surface area contributed by atoms with Gasteiger partial charge in [0, 0.05) is 41.4 Å². The Morgan fingerprint density at radius 1 is 1.26 bits per heavy atom. The molecule has 15 heteroatoms.